The predicted octanol–water partition coefficient (Wildman–Crippen LogP) is 7.16. The molecule has 46 heavy (non-hydrogen) atoms. The number of aliphatic hydroxyl groups excluding tert-OH is 1. The molecule has 1 fully saturated rings. The SMILES string of the molecule is CCOc1ccc2nc(N3C(=O)C(=O)/C(=C(/O)c4nc5c(C)cccn5c4C)C3c3ccc(OCc4ccccc4)cc3)sc2c1. The lowest BCUT2D eigenvalue weighted by molar-refractivity contribution is -0.132. The van der Waals surface area contributed by atoms with Crippen molar-refractivity contribution in [2.75, 3.05) is 11.5 Å². The first kappa shape index (κ1) is 29.2. The number of imidazole rings is 1. The van der Waals surface area contributed by atoms with Crippen molar-refractivity contribution in [3.63, 3.8) is 0 Å². The van der Waals surface area contributed by atoms with Crippen molar-refractivity contribution in [3.05, 3.63) is 125 Å². The Hall–Kier alpha value is -5.48. The summed E-state index contributed by atoms with van der Waals surface area (Å²) in [5, 5.41) is 12.2. The number of ether oxygens (including phenoxy) is 2. The van der Waals surface area contributed by atoms with E-state index >= 15 is 0 Å². The molecular weight excluding hydrogens is 600 g/mol. The van der Waals surface area contributed by atoms with Gasteiger partial charge >= 0.3 is 5.91 Å². The molecule has 3 aromatic carbocycles. The quantitative estimate of drug-likeness (QED) is 0.108. The van der Waals surface area contributed by atoms with Crippen LogP contribution >= 0.6 is 11.3 Å². The minimum absolute atomic E-state index is 0.0543. The standard InChI is InChI=1S/C36H30N4O5S/c1-4-44-26-16-17-27-28(19-26)46-36(37-27)40-31(24-12-14-25(15-13-24)45-20-23-10-6-5-7-11-23)29(33(42)35(40)43)32(41)30-22(3)39-18-8-9-21(2)34(39)38-30/h5-19,31,41H,4,20H2,1-3H3/b32-29+. The molecule has 9 nitrogen and oxygen atoms in total. The summed E-state index contributed by atoms with van der Waals surface area (Å²) in [5.41, 5.74) is 4.71. The lowest BCUT2D eigenvalue weighted by atomic mass is 9.96. The number of hydrogen-bond acceptors (Lipinski definition) is 8. The van der Waals surface area contributed by atoms with E-state index in [1.807, 2.05) is 92.0 Å². The van der Waals surface area contributed by atoms with Crippen molar-refractivity contribution < 1.29 is 24.2 Å². The first-order valence-corrected chi connectivity index (χ1v) is 15.7. The Kier molecular flexibility index (Phi) is 7.50. The molecule has 0 aliphatic carbocycles. The van der Waals surface area contributed by atoms with Gasteiger partial charge < -0.3 is 19.0 Å². The molecule has 0 radical (unpaired) electrons. The van der Waals surface area contributed by atoms with Crippen LogP contribution in [0.3, 0.4) is 0 Å². The van der Waals surface area contributed by atoms with Gasteiger partial charge in [-0.1, -0.05) is 59.9 Å². The zero-order valence-corrected chi connectivity index (χ0v) is 26.2. The Balaban J connectivity index is 1.34. The van der Waals surface area contributed by atoms with Crippen molar-refractivity contribution in [2.24, 2.45) is 0 Å². The number of hydrogen-bond donors (Lipinski definition) is 1. The summed E-state index contributed by atoms with van der Waals surface area (Å²) in [4.78, 5) is 38.5. The van der Waals surface area contributed by atoms with Gasteiger partial charge in [-0.05, 0) is 73.9 Å². The van der Waals surface area contributed by atoms with E-state index in [0.29, 0.717) is 52.3 Å². The molecule has 4 heterocycles. The number of aromatic nitrogens is 3. The van der Waals surface area contributed by atoms with Crippen LogP contribution in [0.25, 0.3) is 21.6 Å². The van der Waals surface area contributed by atoms with Crippen LogP contribution in [0.5, 0.6) is 11.5 Å². The second kappa shape index (κ2) is 11.8. The number of nitrogens with zero attached hydrogens (tertiary/aromatic N) is 4. The van der Waals surface area contributed by atoms with Crippen LogP contribution in [-0.2, 0) is 16.2 Å². The number of fused-ring (bicyclic) bond motifs is 2. The van der Waals surface area contributed by atoms with Crippen LogP contribution < -0.4 is 14.4 Å². The topological polar surface area (TPSA) is 106 Å². The zero-order valence-electron chi connectivity index (χ0n) is 25.4. The highest BCUT2D eigenvalue weighted by Crippen LogP contribution is 2.45. The molecule has 0 saturated carbocycles. The van der Waals surface area contributed by atoms with Gasteiger partial charge in [0.2, 0.25) is 0 Å². The van der Waals surface area contributed by atoms with E-state index in [2.05, 4.69) is 0 Å². The number of thiazole rings is 1. The fourth-order valence-electron chi connectivity index (χ4n) is 5.76. The number of anilines is 1. The maximum atomic E-state index is 13.9. The van der Waals surface area contributed by atoms with Gasteiger partial charge in [-0.15, -0.1) is 0 Å². The van der Waals surface area contributed by atoms with E-state index in [1.54, 1.807) is 24.3 Å². The molecule has 6 aromatic rings. The molecule has 1 atom stereocenters. The average molecular weight is 631 g/mol. The van der Waals surface area contributed by atoms with E-state index in [4.69, 9.17) is 19.4 Å². The van der Waals surface area contributed by atoms with Crippen molar-refractivity contribution in [1.29, 1.82) is 0 Å². The number of carbonyl (C=O) groups excluding carboxylic acids is 2. The van der Waals surface area contributed by atoms with Crippen molar-refractivity contribution in [2.45, 2.75) is 33.4 Å². The number of ketones is 1. The molecule has 1 N–H and O–H groups in total. The maximum Gasteiger partial charge on any atom is 0.301 e. The minimum Gasteiger partial charge on any atom is -0.505 e. The van der Waals surface area contributed by atoms with Crippen molar-refractivity contribution in [1.82, 2.24) is 14.4 Å². The number of rotatable bonds is 8. The van der Waals surface area contributed by atoms with E-state index in [1.165, 1.54) is 16.2 Å². The van der Waals surface area contributed by atoms with Crippen LogP contribution in [-0.4, -0.2) is 37.8 Å². The van der Waals surface area contributed by atoms with E-state index in [9.17, 15) is 14.7 Å². The summed E-state index contributed by atoms with van der Waals surface area (Å²) in [6.45, 7) is 6.56. The molecule has 0 spiro atoms. The number of aryl methyl sites for hydroxylation is 2. The largest absolute Gasteiger partial charge is 0.505 e. The third-order valence-electron chi connectivity index (χ3n) is 8.06. The average Bonchev–Trinajstić information content (AvgIpc) is 3.72. The van der Waals surface area contributed by atoms with E-state index in [0.717, 1.165) is 15.8 Å². The molecule has 7 rings (SSSR count). The van der Waals surface area contributed by atoms with Crippen LogP contribution in [0.1, 0.15) is 41.0 Å². The van der Waals surface area contributed by atoms with Crippen LogP contribution in [0.15, 0.2) is 96.7 Å². The third kappa shape index (κ3) is 5.06. The monoisotopic (exact) mass is 630 g/mol. The van der Waals surface area contributed by atoms with E-state index in [-0.39, 0.29) is 17.0 Å². The third-order valence-corrected chi connectivity index (χ3v) is 9.08. The molecule has 3 aromatic heterocycles. The number of pyridine rings is 1. The molecule has 10 heteroatoms. The predicted molar refractivity (Wildman–Crippen MR) is 177 cm³/mol. The first-order chi connectivity index (χ1) is 22.3. The smallest absolute Gasteiger partial charge is 0.301 e. The van der Waals surface area contributed by atoms with Crippen LogP contribution in [0.2, 0.25) is 0 Å². The minimum atomic E-state index is -0.958. The highest BCUT2D eigenvalue weighted by atomic mass is 32.1. The summed E-state index contributed by atoms with van der Waals surface area (Å²) >= 11 is 1.28. The maximum absolute atomic E-state index is 13.9. The van der Waals surface area contributed by atoms with Gasteiger partial charge in [0.1, 0.15) is 29.4 Å². The fourth-order valence-corrected chi connectivity index (χ4v) is 6.78. The fraction of sp³-hybridized carbons (Fsp3) is 0.167. The summed E-state index contributed by atoms with van der Waals surface area (Å²) in [7, 11) is 0. The molecular formula is C36H30N4O5S. The first-order valence-electron chi connectivity index (χ1n) is 14.9. The van der Waals surface area contributed by atoms with Gasteiger partial charge in [-0.25, -0.2) is 9.97 Å². The molecule has 230 valence electrons. The molecule has 1 amide bonds. The van der Waals surface area contributed by atoms with Gasteiger partial charge in [0.15, 0.2) is 10.9 Å². The molecule has 1 saturated heterocycles. The second-order valence-corrected chi connectivity index (χ2v) is 12.0. The number of amides is 1. The van der Waals surface area contributed by atoms with Gasteiger partial charge in [0.25, 0.3) is 5.78 Å². The molecule has 0 bridgehead atoms. The van der Waals surface area contributed by atoms with Gasteiger partial charge in [0, 0.05) is 6.20 Å². The summed E-state index contributed by atoms with van der Waals surface area (Å²) < 4.78 is 14.3. The summed E-state index contributed by atoms with van der Waals surface area (Å²) in [6.07, 6.45) is 1.85. The molecule has 1 aliphatic heterocycles. The Labute approximate surface area is 269 Å². The van der Waals surface area contributed by atoms with Crippen LogP contribution in [0, 0.1) is 13.8 Å². The highest BCUT2D eigenvalue weighted by molar-refractivity contribution is 7.22. The Bertz CT molecular complexity index is 2150. The normalized spacial score (nSPS) is 16.1. The number of aliphatic hydroxyl groups is 1. The summed E-state index contributed by atoms with van der Waals surface area (Å²) in [5.74, 6) is -0.616. The summed E-state index contributed by atoms with van der Waals surface area (Å²) in [6, 6.07) is 25.4. The Morgan fingerprint density at radius 2 is 1.67 bits per heavy atom. The number of carbonyl (C=O) groups is 2. The Morgan fingerprint density at radius 3 is 2.41 bits per heavy atom. The van der Waals surface area contributed by atoms with Gasteiger partial charge in [-0.2, -0.15) is 0 Å². The Morgan fingerprint density at radius 1 is 0.913 bits per heavy atom. The lowest BCUT2D eigenvalue weighted by Gasteiger charge is -2.23. The second-order valence-electron chi connectivity index (χ2n) is 11.0. The lowest BCUT2D eigenvalue weighted by Crippen LogP contribution is -2.29. The van der Waals surface area contributed by atoms with Gasteiger partial charge in [0.05, 0.1) is 34.1 Å². The number of Topliss-reactive ketones (excluding diaryl/α,β-unsaturated/α-hetero) is 1. The van der Waals surface area contributed by atoms with Gasteiger partial charge in [-0.3, -0.25) is 14.5 Å². The highest BCUT2D eigenvalue weighted by Gasteiger charge is 2.48. The number of benzene rings is 3. The molecule has 1 unspecified atom stereocenters. The van der Waals surface area contributed by atoms with E-state index < -0.39 is 17.7 Å². The van der Waals surface area contributed by atoms with Crippen LogP contribution in [0.4, 0.5) is 5.13 Å². The van der Waals surface area contributed by atoms with Crippen molar-refractivity contribution in [3.8, 4) is 11.5 Å². The molecule has 1 aliphatic rings. The zero-order chi connectivity index (χ0) is 31.9. The van der Waals surface area contributed by atoms with Crippen molar-refractivity contribution >= 4 is 49.8 Å².